The second-order valence-corrected chi connectivity index (χ2v) is 4.25. The van der Waals surface area contributed by atoms with Crippen molar-refractivity contribution in [3.05, 3.63) is 22.2 Å². The highest BCUT2D eigenvalue weighted by Crippen LogP contribution is 2.30. The highest BCUT2D eigenvalue weighted by Gasteiger charge is 2.31. The minimum Gasteiger partial charge on any atom is -0.384 e. The standard InChI is InChI=1S/C11H16N4O3/c1-2-18-8-5-7(6-8)13-11-9(15(16)17)3-4-10(12)14-11/h3-4,7-8H,2,5-6H2,1H3,(H3,12,13,14). The molecular formula is C11H16N4O3. The molecule has 0 bridgehead atoms. The zero-order valence-electron chi connectivity index (χ0n) is 10.1. The van der Waals surface area contributed by atoms with Crippen molar-refractivity contribution in [2.45, 2.75) is 31.9 Å². The SMILES string of the molecule is CCOC1CC(Nc2nc(N)ccc2[N+](=O)[O-])C1. The topological polar surface area (TPSA) is 103 Å². The Hall–Kier alpha value is -1.89. The molecule has 0 unspecified atom stereocenters. The summed E-state index contributed by atoms with van der Waals surface area (Å²) in [6, 6.07) is 2.95. The van der Waals surface area contributed by atoms with Crippen molar-refractivity contribution < 1.29 is 9.66 Å². The molecule has 1 heterocycles. The van der Waals surface area contributed by atoms with E-state index in [1.807, 2.05) is 6.92 Å². The molecule has 3 N–H and O–H groups in total. The lowest BCUT2D eigenvalue weighted by Gasteiger charge is -2.35. The Kier molecular flexibility index (Phi) is 3.61. The fraction of sp³-hybridized carbons (Fsp3) is 0.545. The Balaban J connectivity index is 2.01. The Labute approximate surface area is 104 Å². The smallest absolute Gasteiger partial charge is 0.311 e. The summed E-state index contributed by atoms with van der Waals surface area (Å²) in [6.07, 6.45) is 1.91. The summed E-state index contributed by atoms with van der Waals surface area (Å²) in [5.74, 6) is 0.503. The molecule has 0 atom stereocenters. The van der Waals surface area contributed by atoms with Gasteiger partial charge in [0.1, 0.15) is 5.82 Å². The second kappa shape index (κ2) is 5.18. The Bertz CT molecular complexity index is 446. The Morgan fingerprint density at radius 2 is 2.33 bits per heavy atom. The van der Waals surface area contributed by atoms with Crippen LogP contribution in [0.1, 0.15) is 19.8 Å². The third kappa shape index (κ3) is 2.67. The van der Waals surface area contributed by atoms with Crippen molar-refractivity contribution in [1.29, 1.82) is 0 Å². The number of anilines is 2. The van der Waals surface area contributed by atoms with E-state index < -0.39 is 4.92 Å². The van der Waals surface area contributed by atoms with Crippen LogP contribution in [0.25, 0.3) is 0 Å². The van der Waals surface area contributed by atoms with Crippen LogP contribution in [0.4, 0.5) is 17.3 Å². The van der Waals surface area contributed by atoms with Crippen LogP contribution in [-0.4, -0.2) is 28.7 Å². The normalized spacial score (nSPS) is 22.3. The summed E-state index contributed by atoms with van der Waals surface area (Å²) >= 11 is 0. The van der Waals surface area contributed by atoms with E-state index >= 15 is 0 Å². The van der Waals surface area contributed by atoms with Gasteiger partial charge in [-0.1, -0.05) is 0 Å². The molecule has 1 aromatic heterocycles. The van der Waals surface area contributed by atoms with Gasteiger partial charge in [0.05, 0.1) is 11.0 Å². The average molecular weight is 252 g/mol. The number of ether oxygens (including phenoxy) is 1. The predicted octanol–water partition coefficient (Wildman–Crippen LogP) is 1.55. The lowest BCUT2D eigenvalue weighted by Crippen LogP contribution is -2.41. The molecule has 18 heavy (non-hydrogen) atoms. The third-order valence-electron chi connectivity index (χ3n) is 2.93. The highest BCUT2D eigenvalue weighted by atomic mass is 16.6. The molecule has 1 aromatic rings. The molecule has 0 radical (unpaired) electrons. The number of hydrogen-bond acceptors (Lipinski definition) is 6. The van der Waals surface area contributed by atoms with Crippen molar-refractivity contribution in [3.63, 3.8) is 0 Å². The van der Waals surface area contributed by atoms with Gasteiger partial charge in [0.2, 0.25) is 5.82 Å². The first-order valence-electron chi connectivity index (χ1n) is 5.89. The molecule has 2 rings (SSSR count). The quantitative estimate of drug-likeness (QED) is 0.608. The number of hydrogen-bond donors (Lipinski definition) is 2. The van der Waals surface area contributed by atoms with E-state index in [0.29, 0.717) is 6.61 Å². The van der Waals surface area contributed by atoms with Crippen LogP contribution in [0.5, 0.6) is 0 Å². The molecule has 0 spiro atoms. The van der Waals surface area contributed by atoms with Gasteiger partial charge in [0.15, 0.2) is 0 Å². The van der Waals surface area contributed by atoms with Crippen LogP contribution in [0.2, 0.25) is 0 Å². The van der Waals surface area contributed by atoms with Gasteiger partial charge in [0, 0.05) is 18.7 Å². The maximum Gasteiger partial charge on any atom is 0.311 e. The summed E-state index contributed by atoms with van der Waals surface area (Å²) in [4.78, 5) is 14.4. The molecule has 0 saturated heterocycles. The van der Waals surface area contributed by atoms with Gasteiger partial charge in [-0.2, -0.15) is 0 Å². The molecule has 0 aromatic carbocycles. The number of pyridine rings is 1. The van der Waals surface area contributed by atoms with Crippen molar-refractivity contribution in [1.82, 2.24) is 4.98 Å². The fourth-order valence-corrected chi connectivity index (χ4v) is 1.97. The Morgan fingerprint density at radius 1 is 1.61 bits per heavy atom. The summed E-state index contributed by atoms with van der Waals surface area (Å²) in [6.45, 7) is 2.64. The number of nitrogen functional groups attached to an aromatic ring is 1. The van der Waals surface area contributed by atoms with E-state index in [9.17, 15) is 10.1 Å². The van der Waals surface area contributed by atoms with Gasteiger partial charge in [-0.25, -0.2) is 4.98 Å². The van der Waals surface area contributed by atoms with Crippen molar-refractivity contribution in [3.8, 4) is 0 Å². The van der Waals surface area contributed by atoms with Gasteiger partial charge in [-0.3, -0.25) is 10.1 Å². The highest BCUT2D eigenvalue weighted by molar-refractivity contribution is 5.59. The maximum absolute atomic E-state index is 10.8. The first kappa shape index (κ1) is 12.6. The summed E-state index contributed by atoms with van der Waals surface area (Å²) < 4.78 is 5.43. The molecule has 7 heteroatoms. The van der Waals surface area contributed by atoms with Crippen molar-refractivity contribution in [2.24, 2.45) is 0 Å². The molecule has 0 amide bonds. The third-order valence-corrected chi connectivity index (χ3v) is 2.93. The van der Waals surface area contributed by atoms with Crippen LogP contribution in [0.3, 0.4) is 0 Å². The first-order valence-corrected chi connectivity index (χ1v) is 5.89. The molecule has 1 saturated carbocycles. The largest absolute Gasteiger partial charge is 0.384 e. The molecule has 98 valence electrons. The van der Waals surface area contributed by atoms with E-state index in [2.05, 4.69) is 10.3 Å². The predicted molar refractivity (Wildman–Crippen MR) is 67.4 cm³/mol. The maximum atomic E-state index is 10.8. The molecule has 1 aliphatic rings. The van der Waals surface area contributed by atoms with Crippen LogP contribution in [0.15, 0.2) is 12.1 Å². The number of aromatic nitrogens is 1. The molecule has 1 fully saturated rings. The van der Waals surface area contributed by atoms with Gasteiger partial charge in [-0.15, -0.1) is 0 Å². The fourth-order valence-electron chi connectivity index (χ4n) is 1.97. The molecule has 1 aliphatic carbocycles. The van der Waals surface area contributed by atoms with Gasteiger partial charge < -0.3 is 15.8 Å². The summed E-state index contributed by atoms with van der Waals surface area (Å²) in [5, 5.41) is 13.9. The van der Waals surface area contributed by atoms with Crippen LogP contribution in [-0.2, 0) is 4.74 Å². The van der Waals surface area contributed by atoms with Gasteiger partial charge in [-0.05, 0) is 25.8 Å². The zero-order valence-corrected chi connectivity index (χ0v) is 10.1. The molecule has 7 nitrogen and oxygen atoms in total. The van der Waals surface area contributed by atoms with E-state index in [4.69, 9.17) is 10.5 Å². The number of nitrogens with two attached hydrogens (primary N) is 1. The number of nitrogens with zero attached hydrogens (tertiary/aromatic N) is 2. The van der Waals surface area contributed by atoms with Gasteiger partial charge >= 0.3 is 5.69 Å². The van der Waals surface area contributed by atoms with Gasteiger partial charge in [0.25, 0.3) is 0 Å². The van der Waals surface area contributed by atoms with Crippen LogP contribution < -0.4 is 11.1 Å². The van der Waals surface area contributed by atoms with E-state index in [-0.39, 0.29) is 29.5 Å². The van der Waals surface area contributed by atoms with E-state index in [1.54, 1.807) is 0 Å². The van der Waals surface area contributed by atoms with Crippen molar-refractivity contribution >= 4 is 17.3 Å². The molecular weight excluding hydrogens is 236 g/mol. The minimum atomic E-state index is -0.465. The average Bonchev–Trinajstić information content (AvgIpc) is 2.26. The second-order valence-electron chi connectivity index (χ2n) is 4.25. The lowest BCUT2D eigenvalue weighted by atomic mass is 9.89. The summed E-state index contributed by atoms with van der Waals surface area (Å²) in [5.41, 5.74) is 5.49. The Morgan fingerprint density at radius 3 is 2.94 bits per heavy atom. The summed E-state index contributed by atoms with van der Waals surface area (Å²) in [7, 11) is 0. The van der Waals surface area contributed by atoms with Crippen LogP contribution >= 0.6 is 0 Å². The van der Waals surface area contributed by atoms with E-state index in [1.165, 1.54) is 12.1 Å². The van der Waals surface area contributed by atoms with Crippen molar-refractivity contribution in [2.75, 3.05) is 17.7 Å². The molecule has 0 aliphatic heterocycles. The number of rotatable bonds is 5. The zero-order chi connectivity index (χ0) is 13.1. The monoisotopic (exact) mass is 252 g/mol. The van der Waals surface area contributed by atoms with E-state index in [0.717, 1.165) is 12.8 Å². The van der Waals surface area contributed by atoms with Crippen LogP contribution in [0, 0.1) is 10.1 Å². The lowest BCUT2D eigenvalue weighted by molar-refractivity contribution is -0.384. The number of nitro groups is 1. The first-order chi connectivity index (χ1) is 8.60. The minimum absolute atomic E-state index is 0.0518. The number of nitrogens with one attached hydrogen (secondary N) is 1.